The molecular weight excluding hydrogens is 468 g/mol. The van der Waals surface area contributed by atoms with Gasteiger partial charge < -0.3 is 14.6 Å². The highest BCUT2D eigenvalue weighted by Gasteiger charge is 2.19. The number of ether oxygens (including phenoxy) is 1. The van der Waals surface area contributed by atoms with Gasteiger partial charge in [0.25, 0.3) is 5.56 Å². The molecule has 0 fully saturated rings. The molecule has 0 spiro atoms. The van der Waals surface area contributed by atoms with Crippen LogP contribution in [0.3, 0.4) is 0 Å². The molecule has 2 aromatic heterocycles. The van der Waals surface area contributed by atoms with Crippen LogP contribution in [0, 0.1) is 0 Å². The third-order valence-electron chi connectivity index (χ3n) is 5.58. The fraction of sp³-hybridized carbons (Fsp3) is 0.0769. The molecule has 1 N–H and O–H groups in total. The largest absolute Gasteiger partial charge is 0.465 e. The van der Waals surface area contributed by atoms with Crippen LogP contribution >= 0.6 is 11.6 Å². The monoisotopic (exact) mass is 486 g/mol. The lowest BCUT2D eigenvalue weighted by atomic mass is 10.1. The maximum atomic E-state index is 13.1. The predicted octanol–water partition coefficient (Wildman–Crippen LogP) is 4.39. The number of anilines is 1. The van der Waals surface area contributed by atoms with E-state index in [1.54, 1.807) is 53.1 Å². The zero-order chi connectivity index (χ0) is 24.5. The number of hydrogen-bond donors (Lipinski definition) is 1. The van der Waals surface area contributed by atoms with Crippen molar-refractivity contribution >= 4 is 46.0 Å². The van der Waals surface area contributed by atoms with E-state index in [2.05, 4.69) is 5.32 Å². The summed E-state index contributed by atoms with van der Waals surface area (Å²) in [6.45, 7) is -0.141. The summed E-state index contributed by atoms with van der Waals surface area (Å²) in [6.07, 6.45) is 0. The summed E-state index contributed by atoms with van der Waals surface area (Å²) in [5.41, 5.74) is 2.70. The number of fused-ring (bicyclic) bond motifs is 3. The number of carbonyl (C=O) groups is 2. The molecule has 0 bridgehead atoms. The van der Waals surface area contributed by atoms with Crippen LogP contribution in [0.5, 0.6) is 0 Å². The number of halogens is 1. The van der Waals surface area contributed by atoms with Gasteiger partial charge in [-0.15, -0.1) is 0 Å². The summed E-state index contributed by atoms with van der Waals surface area (Å²) in [5, 5.41) is 3.29. The number of amides is 1. The third-order valence-corrected chi connectivity index (χ3v) is 5.82. The topological polar surface area (TPSA) is 94.7 Å². The van der Waals surface area contributed by atoms with Crippen molar-refractivity contribution in [3.63, 3.8) is 0 Å². The number of esters is 1. The lowest BCUT2D eigenvalue weighted by Gasteiger charge is -2.11. The van der Waals surface area contributed by atoms with Crippen molar-refractivity contribution in [3.05, 3.63) is 99.8 Å². The molecule has 0 saturated carbocycles. The average molecular weight is 487 g/mol. The summed E-state index contributed by atoms with van der Waals surface area (Å²) in [7, 11) is 1.28. The van der Waals surface area contributed by atoms with E-state index in [4.69, 9.17) is 21.3 Å². The minimum Gasteiger partial charge on any atom is -0.465 e. The summed E-state index contributed by atoms with van der Waals surface area (Å²) in [6, 6.07) is 22.3. The smallest absolute Gasteiger partial charge is 0.339 e. The Balaban J connectivity index is 1.61. The highest BCUT2D eigenvalue weighted by atomic mass is 35.5. The van der Waals surface area contributed by atoms with Crippen LogP contribution in [0.2, 0.25) is 5.02 Å². The number of methoxy groups -OCH3 is 1. The minimum absolute atomic E-state index is 0.141. The Kier molecular flexibility index (Phi) is 5.80. The highest BCUT2D eigenvalue weighted by molar-refractivity contribution is 6.30. The summed E-state index contributed by atoms with van der Waals surface area (Å²) in [4.78, 5) is 43.0. The van der Waals surface area contributed by atoms with Crippen molar-refractivity contribution in [2.75, 3.05) is 12.4 Å². The number of aromatic nitrogens is 3. The lowest BCUT2D eigenvalue weighted by molar-refractivity contribution is -0.116. The molecule has 5 aromatic rings. The number of hydrogen-bond acceptors (Lipinski definition) is 5. The molecule has 0 radical (unpaired) electrons. The SMILES string of the molecule is COC(=O)c1ccccc1NC(=O)Cn1c2ccccc2n2c(=O)cc(-c3cccc(Cl)c3)nc12. The quantitative estimate of drug-likeness (QED) is 0.372. The molecule has 174 valence electrons. The van der Waals surface area contributed by atoms with Crippen LogP contribution < -0.4 is 10.9 Å². The van der Waals surface area contributed by atoms with Crippen molar-refractivity contribution < 1.29 is 14.3 Å². The summed E-state index contributed by atoms with van der Waals surface area (Å²) < 4.78 is 7.94. The number of nitrogens with one attached hydrogen (secondary N) is 1. The first kappa shape index (κ1) is 22.4. The molecule has 0 aliphatic carbocycles. The molecule has 0 aliphatic rings. The third kappa shape index (κ3) is 4.15. The Labute approximate surface area is 204 Å². The Hall–Kier alpha value is -4.43. The van der Waals surface area contributed by atoms with E-state index in [0.29, 0.717) is 38.8 Å². The van der Waals surface area contributed by atoms with E-state index in [1.807, 2.05) is 24.3 Å². The van der Waals surface area contributed by atoms with Crippen molar-refractivity contribution in [2.45, 2.75) is 6.54 Å². The standard InChI is InChI=1S/C26H19ClN4O4/c1-35-25(34)18-9-2-3-10-19(18)28-23(32)15-30-21-11-4-5-12-22(21)31-24(33)14-20(29-26(30)31)16-7-6-8-17(27)13-16/h2-14H,15H2,1H3,(H,28,32). The van der Waals surface area contributed by atoms with Crippen LogP contribution in [0.25, 0.3) is 28.1 Å². The molecule has 5 rings (SSSR count). The Morgan fingerprint density at radius 3 is 2.49 bits per heavy atom. The van der Waals surface area contributed by atoms with Crippen molar-refractivity contribution in [1.29, 1.82) is 0 Å². The first-order chi connectivity index (χ1) is 17.0. The molecule has 9 heteroatoms. The Bertz CT molecular complexity index is 1670. The van der Waals surface area contributed by atoms with Gasteiger partial charge in [0.2, 0.25) is 11.7 Å². The predicted molar refractivity (Wildman–Crippen MR) is 134 cm³/mol. The normalized spacial score (nSPS) is 11.0. The molecule has 0 saturated heterocycles. The number of rotatable bonds is 5. The molecule has 8 nitrogen and oxygen atoms in total. The maximum Gasteiger partial charge on any atom is 0.339 e. The summed E-state index contributed by atoms with van der Waals surface area (Å²) >= 11 is 6.14. The van der Waals surface area contributed by atoms with Crippen molar-refractivity contribution in [3.8, 4) is 11.3 Å². The number of para-hydroxylation sites is 3. The highest BCUT2D eigenvalue weighted by Crippen LogP contribution is 2.24. The van der Waals surface area contributed by atoms with E-state index in [0.717, 1.165) is 0 Å². The first-order valence-corrected chi connectivity index (χ1v) is 11.1. The van der Waals surface area contributed by atoms with E-state index in [-0.39, 0.29) is 17.7 Å². The fourth-order valence-electron chi connectivity index (χ4n) is 4.03. The fourth-order valence-corrected chi connectivity index (χ4v) is 4.22. The minimum atomic E-state index is -0.558. The maximum absolute atomic E-state index is 13.1. The average Bonchev–Trinajstić information content (AvgIpc) is 3.17. The van der Waals surface area contributed by atoms with E-state index in [9.17, 15) is 14.4 Å². The van der Waals surface area contributed by atoms with Gasteiger partial charge in [0.1, 0.15) is 6.54 Å². The number of carbonyl (C=O) groups excluding carboxylic acids is 2. The Morgan fingerprint density at radius 2 is 1.71 bits per heavy atom. The first-order valence-electron chi connectivity index (χ1n) is 10.7. The van der Waals surface area contributed by atoms with Gasteiger partial charge in [-0.3, -0.25) is 9.59 Å². The van der Waals surface area contributed by atoms with Gasteiger partial charge in [-0.1, -0.05) is 48.0 Å². The molecule has 0 aliphatic heterocycles. The second-order valence-corrected chi connectivity index (χ2v) is 8.22. The van der Waals surface area contributed by atoms with Crippen LogP contribution in [-0.4, -0.2) is 32.9 Å². The zero-order valence-corrected chi connectivity index (χ0v) is 19.3. The van der Waals surface area contributed by atoms with Gasteiger partial charge in [-0.25, -0.2) is 14.2 Å². The van der Waals surface area contributed by atoms with Gasteiger partial charge in [-0.2, -0.15) is 0 Å². The van der Waals surface area contributed by atoms with Gasteiger partial charge in [0.15, 0.2) is 0 Å². The van der Waals surface area contributed by atoms with Crippen LogP contribution in [0.1, 0.15) is 10.4 Å². The van der Waals surface area contributed by atoms with Crippen molar-refractivity contribution in [2.24, 2.45) is 0 Å². The number of nitrogens with zero attached hydrogens (tertiary/aromatic N) is 3. The molecule has 35 heavy (non-hydrogen) atoms. The molecular formula is C26H19ClN4O4. The molecule has 0 unspecified atom stereocenters. The second-order valence-electron chi connectivity index (χ2n) is 7.79. The Morgan fingerprint density at radius 1 is 0.971 bits per heavy atom. The number of benzene rings is 3. The van der Waals surface area contributed by atoms with Gasteiger partial charge in [0.05, 0.1) is 35.1 Å². The summed E-state index contributed by atoms with van der Waals surface area (Å²) in [5.74, 6) is -0.644. The second kappa shape index (κ2) is 9.08. The van der Waals surface area contributed by atoms with E-state index in [1.165, 1.54) is 17.6 Å². The van der Waals surface area contributed by atoms with Crippen LogP contribution in [-0.2, 0) is 16.1 Å². The molecule has 1 amide bonds. The van der Waals surface area contributed by atoms with Crippen LogP contribution in [0.4, 0.5) is 5.69 Å². The molecule has 0 atom stereocenters. The van der Waals surface area contributed by atoms with E-state index >= 15 is 0 Å². The number of imidazole rings is 1. The van der Waals surface area contributed by atoms with Gasteiger partial charge in [0, 0.05) is 16.7 Å². The zero-order valence-electron chi connectivity index (χ0n) is 18.6. The van der Waals surface area contributed by atoms with Gasteiger partial charge in [-0.05, 0) is 36.4 Å². The van der Waals surface area contributed by atoms with Crippen LogP contribution in [0.15, 0.2) is 83.7 Å². The lowest BCUT2D eigenvalue weighted by Crippen LogP contribution is -2.22. The molecule has 2 heterocycles. The van der Waals surface area contributed by atoms with Gasteiger partial charge >= 0.3 is 5.97 Å². The van der Waals surface area contributed by atoms with E-state index < -0.39 is 11.9 Å². The van der Waals surface area contributed by atoms with Crippen molar-refractivity contribution in [1.82, 2.24) is 14.0 Å². The molecule has 3 aromatic carbocycles.